The molecule has 0 radical (unpaired) electrons. The van der Waals surface area contributed by atoms with Crippen LogP contribution < -0.4 is 0 Å². The molecule has 1 rings (SSSR count). The van der Waals surface area contributed by atoms with Crippen LogP contribution in [0.1, 0.15) is 11.6 Å². The van der Waals surface area contributed by atoms with Crippen LogP contribution in [0.25, 0.3) is 0 Å². The van der Waals surface area contributed by atoms with Gasteiger partial charge in [0.2, 0.25) is 0 Å². The van der Waals surface area contributed by atoms with Gasteiger partial charge in [0, 0.05) is 18.0 Å². The molecule has 0 N–H and O–H groups in total. The fourth-order valence-corrected chi connectivity index (χ4v) is 2.18. The Morgan fingerprint density at radius 3 is 2.22 bits per heavy atom. The zero-order valence-electron chi connectivity index (χ0n) is 10.7. The van der Waals surface area contributed by atoms with Crippen molar-refractivity contribution in [3.8, 4) is 6.07 Å². The standard InChI is InChI=1S/C15H18N2S/c1-4-10-17(11-5-2)15(12-16)13-6-8-14(18-3)9-7-13/h4-9,15H,1-2,10-11H2,3H3. The van der Waals surface area contributed by atoms with E-state index in [4.69, 9.17) is 0 Å². The van der Waals surface area contributed by atoms with Gasteiger partial charge in [0.1, 0.15) is 6.04 Å². The Morgan fingerprint density at radius 2 is 1.83 bits per heavy atom. The molecule has 2 nitrogen and oxygen atoms in total. The second kappa shape index (κ2) is 7.75. The fraction of sp³-hybridized carbons (Fsp3) is 0.267. The van der Waals surface area contributed by atoms with Crippen LogP contribution in [0.5, 0.6) is 0 Å². The van der Waals surface area contributed by atoms with Crippen molar-refractivity contribution in [2.45, 2.75) is 10.9 Å². The SMILES string of the molecule is C=CCN(CC=C)C(C#N)c1ccc(SC)cc1. The Balaban J connectivity index is 2.95. The Labute approximate surface area is 114 Å². The highest BCUT2D eigenvalue weighted by Crippen LogP contribution is 2.23. The molecule has 1 atom stereocenters. The minimum atomic E-state index is -0.253. The number of rotatable bonds is 7. The van der Waals surface area contributed by atoms with Crippen LogP contribution in [0.2, 0.25) is 0 Å². The Hall–Kier alpha value is -1.50. The number of benzene rings is 1. The summed E-state index contributed by atoms with van der Waals surface area (Å²) in [5.41, 5.74) is 1.01. The van der Waals surface area contributed by atoms with Crippen molar-refractivity contribution < 1.29 is 0 Å². The average Bonchev–Trinajstić information content (AvgIpc) is 2.41. The normalized spacial score (nSPS) is 11.8. The van der Waals surface area contributed by atoms with Crippen LogP contribution in [0.3, 0.4) is 0 Å². The van der Waals surface area contributed by atoms with Gasteiger partial charge in [-0.25, -0.2) is 0 Å². The maximum absolute atomic E-state index is 9.36. The van der Waals surface area contributed by atoms with Gasteiger partial charge in [-0.05, 0) is 24.0 Å². The molecular formula is C15H18N2S. The quantitative estimate of drug-likeness (QED) is 0.552. The lowest BCUT2D eigenvalue weighted by atomic mass is 10.1. The summed E-state index contributed by atoms with van der Waals surface area (Å²) in [5, 5.41) is 9.36. The minimum absolute atomic E-state index is 0.253. The lowest BCUT2D eigenvalue weighted by Gasteiger charge is -2.24. The van der Waals surface area contributed by atoms with Crippen LogP contribution in [-0.4, -0.2) is 24.2 Å². The molecule has 0 amide bonds. The number of thioether (sulfide) groups is 1. The van der Waals surface area contributed by atoms with Crippen molar-refractivity contribution in [1.82, 2.24) is 4.90 Å². The first-order chi connectivity index (χ1) is 8.76. The van der Waals surface area contributed by atoms with E-state index in [1.54, 1.807) is 11.8 Å². The maximum atomic E-state index is 9.36. The molecule has 0 bridgehead atoms. The first kappa shape index (κ1) is 14.6. The summed E-state index contributed by atoms with van der Waals surface area (Å²) < 4.78 is 0. The largest absolute Gasteiger partial charge is 0.277 e. The monoisotopic (exact) mass is 258 g/mol. The number of nitriles is 1. The predicted molar refractivity (Wildman–Crippen MR) is 78.5 cm³/mol. The lowest BCUT2D eigenvalue weighted by Crippen LogP contribution is -2.28. The topological polar surface area (TPSA) is 27.0 Å². The smallest absolute Gasteiger partial charge is 0.124 e. The molecule has 0 aromatic heterocycles. The third-order valence-electron chi connectivity index (χ3n) is 2.65. The second-order valence-electron chi connectivity index (χ2n) is 3.84. The van der Waals surface area contributed by atoms with Crippen LogP contribution in [-0.2, 0) is 0 Å². The third-order valence-corrected chi connectivity index (χ3v) is 3.39. The van der Waals surface area contributed by atoms with Gasteiger partial charge < -0.3 is 0 Å². The summed E-state index contributed by atoms with van der Waals surface area (Å²) in [6.45, 7) is 8.81. The summed E-state index contributed by atoms with van der Waals surface area (Å²) in [6, 6.07) is 10.2. The van der Waals surface area contributed by atoms with Crippen LogP contribution in [0, 0.1) is 11.3 Å². The van der Waals surface area contributed by atoms with Gasteiger partial charge in [0.05, 0.1) is 6.07 Å². The van der Waals surface area contributed by atoms with Gasteiger partial charge in [-0.3, -0.25) is 4.90 Å². The molecule has 0 heterocycles. The molecule has 1 aromatic rings. The molecule has 0 aliphatic heterocycles. The molecule has 3 heteroatoms. The van der Waals surface area contributed by atoms with E-state index in [1.807, 2.05) is 47.6 Å². The summed E-state index contributed by atoms with van der Waals surface area (Å²) in [6.07, 6.45) is 5.66. The summed E-state index contributed by atoms with van der Waals surface area (Å²) in [4.78, 5) is 3.24. The lowest BCUT2D eigenvalue weighted by molar-refractivity contribution is 0.291. The van der Waals surface area contributed by atoms with E-state index in [1.165, 1.54) is 4.90 Å². The van der Waals surface area contributed by atoms with Crippen molar-refractivity contribution in [1.29, 1.82) is 5.26 Å². The molecule has 1 aromatic carbocycles. The highest BCUT2D eigenvalue weighted by atomic mass is 32.2. The highest BCUT2D eigenvalue weighted by Gasteiger charge is 2.17. The van der Waals surface area contributed by atoms with Crippen molar-refractivity contribution in [3.05, 3.63) is 55.1 Å². The van der Waals surface area contributed by atoms with Crippen molar-refractivity contribution in [3.63, 3.8) is 0 Å². The molecule has 0 saturated carbocycles. The predicted octanol–water partition coefficient (Wildman–Crippen LogP) is 3.65. The van der Waals surface area contributed by atoms with Gasteiger partial charge in [0.15, 0.2) is 0 Å². The fourth-order valence-electron chi connectivity index (χ4n) is 1.77. The van der Waals surface area contributed by atoms with E-state index in [0.717, 1.165) is 5.56 Å². The first-order valence-electron chi connectivity index (χ1n) is 5.76. The molecule has 0 aliphatic carbocycles. The van der Waals surface area contributed by atoms with Gasteiger partial charge >= 0.3 is 0 Å². The molecule has 94 valence electrons. The summed E-state index contributed by atoms with van der Waals surface area (Å²) >= 11 is 1.70. The van der Waals surface area contributed by atoms with Gasteiger partial charge in [0.25, 0.3) is 0 Å². The average molecular weight is 258 g/mol. The summed E-state index contributed by atoms with van der Waals surface area (Å²) in [7, 11) is 0. The van der Waals surface area contributed by atoms with E-state index < -0.39 is 0 Å². The zero-order valence-corrected chi connectivity index (χ0v) is 11.5. The van der Waals surface area contributed by atoms with Crippen molar-refractivity contribution >= 4 is 11.8 Å². The molecular weight excluding hydrogens is 240 g/mol. The Kier molecular flexibility index (Phi) is 6.27. The van der Waals surface area contributed by atoms with Gasteiger partial charge in [-0.15, -0.1) is 24.9 Å². The molecule has 0 fully saturated rings. The number of hydrogen-bond donors (Lipinski definition) is 0. The number of nitrogens with zero attached hydrogens (tertiary/aromatic N) is 2. The van der Waals surface area contributed by atoms with E-state index in [-0.39, 0.29) is 6.04 Å². The summed E-state index contributed by atoms with van der Waals surface area (Å²) in [5.74, 6) is 0. The van der Waals surface area contributed by atoms with Crippen molar-refractivity contribution in [2.75, 3.05) is 19.3 Å². The first-order valence-corrected chi connectivity index (χ1v) is 6.98. The Bertz CT molecular complexity index is 421. The molecule has 0 saturated heterocycles. The van der Waals surface area contributed by atoms with Crippen LogP contribution >= 0.6 is 11.8 Å². The zero-order chi connectivity index (χ0) is 13.4. The van der Waals surface area contributed by atoms with E-state index in [2.05, 4.69) is 19.2 Å². The number of hydrogen-bond acceptors (Lipinski definition) is 3. The highest BCUT2D eigenvalue weighted by molar-refractivity contribution is 7.98. The third kappa shape index (κ3) is 3.76. The van der Waals surface area contributed by atoms with Gasteiger partial charge in [-0.1, -0.05) is 24.3 Å². The molecule has 0 aliphatic rings. The molecule has 1 unspecified atom stereocenters. The van der Waals surface area contributed by atoms with E-state index >= 15 is 0 Å². The molecule has 18 heavy (non-hydrogen) atoms. The second-order valence-corrected chi connectivity index (χ2v) is 4.72. The molecule has 0 spiro atoms. The van der Waals surface area contributed by atoms with E-state index in [0.29, 0.717) is 13.1 Å². The minimum Gasteiger partial charge on any atom is -0.277 e. The van der Waals surface area contributed by atoms with Crippen molar-refractivity contribution in [2.24, 2.45) is 0 Å². The van der Waals surface area contributed by atoms with Crippen LogP contribution in [0.15, 0.2) is 54.5 Å². The van der Waals surface area contributed by atoms with E-state index in [9.17, 15) is 5.26 Å². The Morgan fingerprint density at radius 1 is 1.28 bits per heavy atom. The maximum Gasteiger partial charge on any atom is 0.124 e. The van der Waals surface area contributed by atoms with Crippen LogP contribution in [0.4, 0.5) is 0 Å². The van der Waals surface area contributed by atoms with Gasteiger partial charge in [-0.2, -0.15) is 5.26 Å².